The zero-order valence-electron chi connectivity index (χ0n) is 17.3. The van der Waals surface area contributed by atoms with E-state index in [1.165, 1.54) is 19.3 Å². The number of hydrogen-bond donors (Lipinski definition) is 2. The van der Waals surface area contributed by atoms with Crippen molar-refractivity contribution in [1.82, 2.24) is 10.6 Å². The molecule has 0 aromatic heterocycles. The standard InChI is InChI=1S/C23H30N2O5/c26-21(24-5-6-28-18-1-2-19-20(10-18)30-14-29-19)3-4-25-22(27)23-11-15-7-16(12-23)9-17(8-15)13-23/h1-2,10,15-17H,3-9,11-14H2,(H,24,26)(H,25,27). The Morgan fingerprint density at radius 1 is 0.967 bits per heavy atom. The zero-order valence-corrected chi connectivity index (χ0v) is 17.3. The third-order valence-electron chi connectivity index (χ3n) is 7.19. The monoisotopic (exact) mass is 414 g/mol. The van der Waals surface area contributed by atoms with Crippen LogP contribution in [0.15, 0.2) is 18.2 Å². The number of rotatable bonds is 8. The lowest BCUT2D eigenvalue weighted by molar-refractivity contribution is -0.146. The van der Waals surface area contributed by atoms with E-state index >= 15 is 0 Å². The van der Waals surface area contributed by atoms with Crippen molar-refractivity contribution < 1.29 is 23.8 Å². The second-order valence-electron chi connectivity index (χ2n) is 9.42. The van der Waals surface area contributed by atoms with Gasteiger partial charge in [0.15, 0.2) is 11.5 Å². The largest absolute Gasteiger partial charge is 0.492 e. The molecule has 0 unspecified atom stereocenters. The van der Waals surface area contributed by atoms with Gasteiger partial charge in [-0.15, -0.1) is 0 Å². The fourth-order valence-electron chi connectivity index (χ4n) is 6.28. The van der Waals surface area contributed by atoms with Gasteiger partial charge in [0.05, 0.1) is 6.54 Å². The van der Waals surface area contributed by atoms with Crippen molar-refractivity contribution in [3.63, 3.8) is 0 Å². The number of benzene rings is 1. The van der Waals surface area contributed by atoms with E-state index in [1.54, 1.807) is 6.07 Å². The third kappa shape index (κ3) is 3.94. The number of ether oxygens (including phenoxy) is 3. The Kier molecular flexibility index (Phi) is 5.21. The Labute approximate surface area is 176 Å². The quantitative estimate of drug-likeness (QED) is 0.639. The van der Waals surface area contributed by atoms with Crippen molar-refractivity contribution in [1.29, 1.82) is 0 Å². The minimum absolute atomic E-state index is 0.0740. The highest BCUT2D eigenvalue weighted by Gasteiger charge is 2.54. The summed E-state index contributed by atoms with van der Waals surface area (Å²) < 4.78 is 16.2. The summed E-state index contributed by atoms with van der Waals surface area (Å²) in [4.78, 5) is 25.0. The number of hydrogen-bond acceptors (Lipinski definition) is 5. The van der Waals surface area contributed by atoms with Crippen molar-refractivity contribution in [3.05, 3.63) is 18.2 Å². The minimum atomic E-state index is -0.149. The minimum Gasteiger partial charge on any atom is -0.492 e. The molecule has 0 spiro atoms. The molecular formula is C23H30N2O5. The Balaban J connectivity index is 0.994. The molecule has 30 heavy (non-hydrogen) atoms. The average molecular weight is 415 g/mol. The molecule has 4 aliphatic carbocycles. The number of nitrogens with one attached hydrogen (secondary N) is 2. The Hall–Kier alpha value is -2.44. The highest BCUT2D eigenvalue weighted by molar-refractivity contribution is 5.84. The van der Waals surface area contributed by atoms with Gasteiger partial charge in [-0.05, 0) is 68.4 Å². The van der Waals surface area contributed by atoms with Gasteiger partial charge in [0.1, 0.15) is 12.4 Å². The van der Waals surface area contributed by atoms with Crippen molar-refractivity contribution in [2.45, 2.75) is 44.9 Å². The molecule has 6 rings (SSSR count). The average Bonchev–Trinajstić information content (AvgIpc) is 3.18. The van der Waals surface area contributed by atoms with Crippen molar-refractivity contribution in [2.75, 3.05) is 26.5 Å². The van der Waals surface area contributed by atoms with Crippen LogP contribution in [0, 0.1) is 23.2 Å². The van der Waals surface area contributed by atoms with Crippen LogP contribution < -0.4 is 24.8 Å². The number of carbonyl (C=O) groups is 2. The summed E-state index contributed by atoms with van der Waals surface area (Å²) in [5, 5.41) is 5.90. The van der Waals surface area contributed by atoms with Gasteiger partial charge < -0.3 is 24.8 Å². The molecule has 1 heterocycles. The third-order valence-corrected chi connectivity index (χ3v) is 7.19. The van der Waals surface area contributed by atoms with Gasteiger partial charge >= 0.3 is 0 Å². The first-order valence-electron chi connectivity index (χ1n) is 11.2. The van der Waals surface area contributed by atoms with Crippen LogP contribution in [-0.4, -0.2) is 38.3 Å². The molecule has 0 atom stereocenters. The van der Waals surface area contributed by atoms with Crippen LogP contribution in [0.25, 0.3) is 0 Å². The molecule has 5 aliphatic rings. The maximum atomic E-state index is 12.9. The van der Waals surface area contributed by atoms with Crippen LogP contribution >= 0.6 is 0 Å². The number of amides is 2. The Morgan fingerprint density at radius 2 is 1.67 bits per heavy atom. The molecule has 1 aromatic carbocycles. The lowest BCUT2D eigenvalue weighted by Gasteiger charge is -2.55. The van der Waals surface area contributed by atoms with E-state index < -0.39 is 0 Å². The smallest absolute Gasteiger partial charge is 0.231 e. The highest BCUT2D eigenvalue weighted by atomic mass is 16.7. The molecule has 4 fully saturated rings. The zero-order chi connectivity index (χ0) is 20.6. The van der Waals surface area contributed by atoms with Crippen LogP contribution in [0.1, 0.15) is 44.9 Å². The van der Waals surface area contributed by atoms with Gasteiger partial charge in [-0.2, -0.15) is 0 Å². The summed E-state index contributed by atoms with van der Waals surface area (Å²) >= 11 is 0. The summed E-state index contributed by atoms with van der Waals surface area (Å²) in [5.41, 5.74) is -0.149. The van der Waals surface area contributed by atoms with E-state index in [4.69, 9.17) is 14.2 Å². The molecule has 2 N–H and O–H groups in total. The first-order valence-corrected chi connectivity index (χ1v) is 11.2. The van der Waals surface area contributed by atoms with E-state index in [9.17, 15) is 9.59 Å². The first-order chi connectivity index (χ1) is 14.6. The molecule has 162 valence electrons. The lowest BCUT2D eigenvalue weighted by Crippen LogP contribution is -2.53. The fraction of sp³-hybridized carbons (Fsp3) is 0.652. The molecule has 7 heteroatoms. The SMILES string of the molecule is O=C(CCNC(=O)C12CC3CC(CC(C3)C1)C2)NCCOc1ccc2c(c1)OCO2. The van der Waals surface area contributed by atoms with Crippen LogP contribution in [0.2, 0.25) is 0 Å². The predicted octanol–water partition coefficient (Wildman–Crippen LogP) is 2.63. The van der Waals surface area contributed by atoms with Gasteiger partial charge in [0.2, 0.25) is 18.6 Å². The molecule has 4 bridgehead atoms. The van der Waals surface area contributed by atoms with E-state index in [0.717, 1.165) is 37.0 Å². The summed E-state index contributed by atoms with van der Waals surface area (Å²) in [6, 6.07) is 5.40. The molecule has 4 saturated carbocycles. The van der Waals surface area contributed by atoms with E-state index in [-0.39, 0.29) is 24.0 Å². The van der Waals surface area contributed by atoms with E-state index in [1.807, 2.05) is 12.1 Å². The Morgan fingerprint density at radius 3 is 2.40 bits per heavy atom. The molecule has 7 nitrogen and oxygen atoms in total. The predicted molar refractivity (Wildman–Crippen MR) is 109 cm³/mol. The second-order valence-corrected chi connectivity index (χ2v) is 9.42. The maximum absolute atomic E-state index is 12.9. The van der Waals surface area contributed by atoms with E-state index in [0.29, 0.717) is 43.4 Å². The summed E-state index contributed by atoms with van der Waals surface area (Å²) in [6.45, 7) is 1.41. The molecular weight excluding hydrogens is 384 g/mol. The second kappa shape index (κ2) is 8.00. The van der Waals surface area contributed by atoms with Gasteiger partial charge in [0.25, 0.3) is 0 Å². The summed E-state index contributed by atoms with van der Waals surface area (Å²) in [7, 11) is 0. The van der Waals surface area contributed by atoms with Crippen LogP contribution in [0.3, 0.4) is 0 Å². The van der Waals surface area contributed by atoms with Gasteiger partial charge in [-0.1, -0.05) is 0 Å². The summed E-state index contributed by atoms with van der Waals surface area (Å²) in [6.07, 6.45) is 7.41. The van der Waals surface area contributed by atoms with Crippen molar-refractivity contribution in [2.24, 2.45) is 23.2 Å². The molecule has 0 radical (unpaired) electrons. The molecule has 0 saturated heterocycles. The van der Waals surface area contributed by atoms with E-state index in [2.05, 4.69) is 10.6 Å². The van der Waals surface area contributed by atoms with Crippen molar-refractivity contribution >= 4 is 11.8 Å². The Bertz CT molecular complexity index is 789. The molecule has 1 aromatic rings. The topological polar surface area (TPSA) is 85.9 Å². The lowest BCUT2D eigenvalue weighted by atomic mass is 9.49. The summed E-state index contributed by atoms with van der Waals surface area (Å²) in [5.74, 6) is 4.41. The maximum Gasteiger partial charge on any atom is 0.231 e. The molecule has 2 amide bonds. The van der Waals surface area contributed by atoms with Gasteiger partial charge in [-0.3, -0.25) is 9.59 Å². The molecule has 1 aliphatic heterocycles. The fourth-order valence-corrected chi connectivity index (χ4v) is 6.28. The van der Waals surface area contributed by atoms with Crippen LogP contribution in [0.5, 0.6) is 17.2 Å². The first kappa shape index (κ1) is 19.5. The van der Waals surface area contributed by atoms with Gasteiger partial charge in [-0.25, -0.2) is 0 Å². The highest BCUT2D eigenvalue weighted by Crippen LogP contribution is 2.60. The van der Waals surface area contributed by atoms with Crippen molar-refractivity contribution in [3.8, 4) is 17.2 Å². The van der Waals surface area contributed by atoms with Crippen LogP contribution in [0.4, 0.5) is 0 Å². The van der Waals surface area contributed by atoms with Crippen LogP contribution in [-0.2, 0) is 9.59 Å². The number of carbonyl (C=O) groups excluding carboxylic acids is 2. The number of fused-ring (bicyclic) bond motifs is 1. The normalized spacial score (nSPS) is 30.2. The van der Waals surface area contributed by atoms with Gasteiger partial charge in [0, 0.05) is 24.4 Å².